The third kappa shape index (κ3) is 4.17. The van der Waals surface area contributed by atoms with Gasteiger partial charge < -0.3 is 9.64 Å². The molecule has 0 saturated heterocycles. The van der Waals surface area contributed by atoms with Crippen LogP contribution in [-0.2, 0) is 16.6 Å². The van der Waals surface area contributed by atoms with Crippen LogP contribution < -0.4 is 4.74 Å². The van der Waals surface area contributed by atoms with Crippen molar-refractivity contribution in [2.75, 3.05) is 28.3 Å². The minimum Gasteiger partial charge on any atom is -0.495 e. The largest absolute Gasteiger partial charge is 0.495 e. The summed E-state index contributed by atoms with van der Waals surface area (Å²) in [5, 5.41) is 0.567. The summed E-state index contributed by atoms with van der Waals surface area (Å²) in [5.41, 5.74) is 1.06. The summed E-state index contributed by atoms with van der Waals surface area (Å²) < 4.78 is 31.2. The maximum atomic E-state index is 12.7. The van der Waals surface area contributed by atoms with Crippen LogP contribution in [0.4, 0.5) is 0 Å². The molecule has 0 aliphatic rings. The number of carbonyl (C=O) groups is 1. The zero-order valence-corrected chi connectivity index (χ0v) is 16.6. The minimum atomic E-state index is -3.75. The summed E-state index contributed by atoms with van der Waals surface area (Å²) >= 11 is 6.14. The van der Waals surface area contributed by atoms with Gasteiger partial charge in [0.15, 0.2) is 0 Å². The molecule has 0 saturated carbocycles. The van der Waals surface area contributed by atoms with E-state index in [-0.39, 0.29) is 22.1 Å². The number of sulfonamides is 1. The Kier molecular flexibility index (Phi) is 6.28. The van der Waals surface area contributed by atoms with E-state index < -0.39 is 10.0 Å². The van der Waals surface area contributed by atoms with Gasteiger partial charge in [0, 0.05) is 38.3 Å². The molecule has 0 unspecified atom stereocenters. The highest BCUT2D eigenvalue weighted by molar-refractivity contribution is 7.89. The van der Waals surface area contributed by atoms with Crippen LogP contribution in [0.2, 0.25) is 5.02 Å². The smallest absolute Gasteiger partial charge is 0.253 e. The van der Waals surface area contributed by atoms with Gasteiger partial charge in [0.05, 0.1) is 7.11 Å². The van der Waals surface area contributed by atoms with Gasteiger partial charge in [-0.2, -0.15) is 0 Å². The van der Waals surface area contributed by atoms with Crippen LogP contribution in [0.5, 0.6) is 5.75 Å². The lowest BCUT2D eigenvalue weighted by molar-refractivity contribution is 0.0785. The Balaban J connectivity index is 2.36. The standard InChI is InChI=1S/C18H21ClN2O4S/c1-20(2)26(23,24)17-11-13(9-10-16(17)25-4)18(22)21(3)12-14-7-5-6-8-15(14)19/h5-11H,12H2,1-4H3. The lowest BCUT2D eigenvalue weighted by Gasteiger charge is -2.20. The second kappa shape index (κ2) is 8.07. The van der Waals surface area contributed by atoms with E-state index in [4.69, 9.17) is 16.3 Å². The first kappa shape index (κ1) is 20.2. The highest BCUT2D eigenvalue weighted by Crippen LogP contribution is 2.27. The molecule has 2 rings (SSSR count). The molecule has 140 valence electrons. The maximum Gasteiger partial charge on any atom is 0.253 e. The summed E-state index contributed by atoms with van der Waals surface area (Å²) in [6, 6.07) is 11.6. The molecule has 1 amide bonds. The van der Waals surface area contributed by atoms with Crippen molar-refractivity contribution in [2.24, 2.45) is 0 Å². The third-order valence-electron chi connectivity index (χ3n) is 3.88. The lowest BCUT2D eigenvalue weighted by atomic mass is 10.1. The fraction of sp³-hybridized carbons (Fsp3) is 0.278. The van der Waals surface area contributed by atoms with Crippen molar-refractivity contribution in [1.82, 2.24) is 9.21 Å². The highest BCUT2D eigenvalue weighted by atomic mass is 35.5. The summed E-state index contributed by atoms with van der Waals surface area (Å²) in [5.74, 6) is -0.133. The van der Waals surface area contributed by atoms with Gasteiger partial charge in [0.25, 0.3) is 5.91 Å². The molecule has 2 aromatic carbocycles. The normalized spacial score (nSPS) is 11.5. The Morgan fingerprint density at radius 3 is 2.35 bits per heavy atom. The van der Waals surface area contributed by atoms with Crippen molar-refractivity contribution in [3.8, 4) is 5.75 Å². The second-order valence-corrected chi connectivity index (χ2v) is 8.43. The number of carbonyl (C=O) groups excluding carboxylic acids is 1. The molecule has 0 aliphatic carbocycles. The van der Waals surface area contributed by atoms with Gasteiger partial charge >= 0.3 is 0 Å². The summed E-state index contributed by atoms with van der Waals surface area (Å²) in [4.78, 5) is 14.2. The number of hydrogen-bond acceptors (Lipinski definition) is 4. The van der Waals surface area contributed by atoms with Gasteiger partial charge in [-0.15, -0.1) is 0 Å². The number of hydrogen-bond donors (Lipinski definition) is 0. The number of rotatable bonds is 6. The molecule has 0 aromatic heterocycles. The number of benzene rings is 2. The van der Waals surface area contributed by atoms with Crippen LogP contribution in [0.25, 0.3) is 0 Å². The monoisotopic (exact) mass is 396 g/mol. The van der Waals surface area contributed by atoms with Crippen molar-refractivity contribution in [3.05, 3.63) is 58.6 Å². The van der Waals surface area contributed by atoms with Crippen molar-refractivity contribution in [1.29, 1.82) is 0 Å². The van der Waals surface area contributed by atoms with Crippen molar-refractivity contribution >= 4 is 27.5 Å². The average Bonchev–Trinajstić information content (AvgIpc) is 2.62. The Labute approximate surface area is 159 Å². The van der Waals surface area contributed by atoms with Crippen molar-refractivity contribution in [2.45, 2.75) is 11.4 Å². The minimum absolute atomic E-state index is 0.0537. The Hall–Kier alpha value is -2.09. The van der Waals surface area contributed by atoms with Gasteiger partial charge in [-0.1, -0.05) is 29.8 Å². The molecular weight excluding hydrogens is 376 g/mol. The van der Waals surface area contributed by atoms with E-state index in [0.29, 0.717) is 11.6 Å². The molecule has 0 radical (unpaired) electrons. The number of methoxy groups -OCH3 is 1. The Morgan fingerprint density at radius 1 is 1.12 bits per heavy atom. The Morgan fingerprint density at radius 2 is 1.77 bits per heavy atom. The predicted molar refractivity (Wildman–Crippen MR) is 101 cm³/mol. The number of halogens is 1. The zero-order chi connectivity index (χ0) is 19.5. The topological polar surface area (TPSA) is 66.9 Å². The summed E-state index contributed by atoms with van der Waals surface area (Å²) in [6.45, 7) is 0.306. The second-order valence-electron chi connectivity index (χ2n) is 5.91. The molecule has 0 N–H and O–H groups in total. The van der Waals surface area contributed by atoms with Gasteiger partial charge in [-0.05, 0) is 29.8 Å². The van der Waals surface area contributed by atoms with E-state index in [1.807, 2.05) is 18.2 Å². The lowest BCUT2D eigenvalue weighted by Crippen LogP contribution is -2.27. The molecule has 0 atom stereocenters. The molecule has 6 nitrogen and oxygen atoms in total. The fourth-order valence-electron chi connectivity index (χ4n) is 2.38. The Bertz CT molecular complexity index is 913. The van der Waals surface area contributed by atoms with E-state index in [0.717, 1.165) is 9.87 Å². The van der Waals surface area contributed by atoms with Gasteiger partial charge in [-0.25, -0.2) is 12.7 Å². The zero-order valence-electron chi connectivity index (χ0n) is 15.1. The van der Waals surface area contributed by atoms with E-state index in [1.54, 1.807) is 19.2 Å². The number of nitrogens with zero attached hydrogens (tertiary/aromatic N) is 2. The number of amides is 1. The average molecular weight is 397 g/mol. The van der Waals surface area contributed by atoms with E-state index in [2.05, 4.69) is 0 Å². The first-order chi connectivity index (χ1) is 12.2. The molecule has 0 heterocycles. The van der Waals surface area contributed by atoms with Crippen LogP contribution in [0.15, 0.2) is 47.4 Å². The van der Waals surface area contributed by atoms with Crippen LogP contribution in [0.3, 0.4) is 0 Å². The molecule has 0 aliphatic heterocycles. The van der Waals surface area contributed by atoms with E-state index in [9.17, 15) is 13.2 Å². The molecule has 2 aromatic rings. The van der Waals surface area contributed by atoms with E-state index in [1.165, 1.54) is 38.2 Å². The maximum absolute atomic E-state index is 12.7. The molecule has 0 bridgehead atoms. The summed E-state index contributed by atoms with van der Waals surface area (Å²) in [6.07, 6.45) is 0. The quantitative estimate of drug-likeness (QED) is 0.753. The SMILES string of the molecule is COc1ccc(C(=O)N(C)Cc2ccccc2Cl)cc1S(=O)(=O)N(C)C. The van der Waals surface area contributed by atoms with Gasteiger partial charge in [0.1, 0.15) is 10.6 Å². The molecule has 26 heavy (non-hydrogen) atoms. The van der Waals surface area contributed by atoms with Crippen molar-refractivity contribution in [3.63, 3.8) is 0 Å². The first-order valence-electron chi connectivity index (χ1n) is 7.78. The van der Waals surface area contributed by atoms with Crippen LogP contribution in [0.1, 0.15) is 15.9 Å². The fourth-order valence-corrected chi connectivity index (χ4v) is 3.65. The molecular formula is C18H21ClN2O4S. The van der Waals surface area contributed by atoms with Crippen molar-refractivity contribution < 1.29 is 17.9 Å². The molecule has 8 heteroatoms. The molecule has 0 fully saturated rings. The van der Waals surface area contributed by atoms with Gasteiger partial charge in [0.2, 0.25) is 10.0 Å². The summed E-state index contributed by atoms with van der Waals surface area (Å²) in [7, 11) is 2.12. The predicted octanol–water partition coefficient (Wildman–Crippen LogP) is 2.87. The number of ether oxygens (including phenoxy) is 1. The van der Waals surface area contributed by atoms with E-state index >= 15 is 0 Å². The van der Waals surface area contributed by atoms with Gasteiger partial charge in [-0.3, -0.25) is 4.79 Å². The van der Waals surface area contributed by atoms with Crippen LogP contribution in [0, 0.1) is 0 Å². The van der Waals surface area contributed by atoms with Crippen LogP contribution in [-0.4, -0.2) is 51.8 Å². The third-order valence-corrected chi connectivity index (χ3v) is 6.09. The highest BCUT2D eigenvalue weighted by Gasteiger charge is 2.24. The first-order valence-corrected chi connectivity index (χ1v) is 9.59. The molecule has 0 spiro atoms. The van der Waals surface area contributed by atoms with Crippen LogP contribution >= 0.6 is 11.6 Å².